The third-order valence-corrected chi connectivity index (χ3v) is 4.57. The van der Waals surface area contributed by atoms with Crippen LogP contribution in [0.4, 0.5) is 5.82 Å². The summed E-state index contributed by atoms with van der Waals surface area (Å²) in [5.74, 6) is -0.254. The van der Waals surface area contributed by atoms with E-state index in [1.807, 2.05) is 24.5 Å². The van der Waals surface area contributed by atoms with Crippen LogP contribution in [-0.4, -0.2) is 23.3 Å². The SMILES string of the molecule is CSc1ccccc1C(=O)O[C@@H](C(=O)Nc1cc(C)on1)c1ccccc1. The molecule has 0 saturated carbocycles. The van der Waals surface area contributed by atoms with Crippen molar-refractivity contribution in [1.82, 2.24) is 5.16 Å². The highest BCUT2D eigenvalue weighted by Crippen LogP contribution is 2.25. The summed E-state index contributed by atoms with van der Waals surface area (Å²) in [5, 5.41) is 6.37. The maximum atomic E-state index is 12.8. The number of carbonyl (C=O) groups excluding carboxylic acids is 2. The predicted octanol–water partition coefficient (Wildman–Crippen LogP) is 4.24. The van der Waals surface area contributed by atoms with Crippen LogP contribution in [0.3, 0.4) is 0 Å². The molecule has 7 heteroatoms. The first kappa shape index (κ1) is 18.7. The summed E-state index contributed by atoms with van der Waals surface area (Å²) in [7, 11) is 0. The van der Waals surface area contributed by atoms with Gasteiger partial charge in [0.05, 0.1) is 5.56 Å². The minimum Gasteiger partial charge on any atom is -0.444 e. The molecule has 6 nitrogen and oxygen atoms in total. The molecule has 138 valence electrons. The van der Waals surface area contributed by atoms with Crippen molar-refractivity contribution in [3.05, 3.63) is 77.6 Å². The molecule has 0 aliphatic rings. The Labute approximate surface area is 160 Å². The first-order valence-corrected chi connectivity index (χ1v) is 9.44. The van der Waals surface area contributed by atoms with Crippen LogP contribution in [0.1, 0.15) is 27.8 Å². The smallest absolute Gasteiger partial charge is 0.340 e. The molecule has 0 fully saturated rings. The molecule has 1 atom stereocenters. The normalized spacial score (nSPS) is 11.6. The molecular formula is C20H18N2O4S. The van der Waals surface area contributed by atoms with E-state index in [2.05, 4.69) is 10.5 Å². The molecule has 3 aromatic rings. The van der Waals surface area contributed by atoms with Gasteiger partial charge in [0, 0.05) is 16.5 Å². The number of hydrogen-bond acceptors (Lipinski definition) is 6. The number of amides is 1. The van der Waals surface area contributed by atoms with Crippen molar-refractivity contribution in [3.8, 4) is 0 Å². The summed E-state index contributed by atoms with van der Waals surface area (Å²) in [6.07, 6.45) is 0.756. The number of anilines is 1. The van der Waals surface area contributed by atoms with Crippen molar-refractivity contribution in [2.75, 3.05) is 11.6 Å². The van der Waals surface area contributed by atoms with E-state index in [9.17, 15) is 9.59 Å². The van der Waals surface area contributed by atoms with E-state index in [4.69, 9.17) is 9.26 Å². The minimum atomic E-state index is -1.12. The van der Waals surface area contributed by atoms with E-state index in [0.29, 0.717) is 16.9 Å². The average Bonchev–Trinajstić information content (AvgIpc) is 3.11. The molecule has 0 saturated heterocycles. The largest absolute Gasteiger partial charge is 0.444 e. The lowest BCUT2D eigenvalue weighted by Crippen LogP contribution is -2.26. The summed E-state index contributed by atoms with van der Waals surface area (Å²) in [6.45, 7) is 1.72. The molecule has 1 heterocycles. The molecule has 3 rings (SSSR count). The van der Waals surface area contributed by atoms with Crippen molar-refractivity contribution in [3.63, 3.8) is 0 Å². The topological polar surface area (TPSA) is 81.4 Å². The highest BCUT2D eigenvalue weighted by atomic mass is 32.2. The maximum Gasteiger partial charge on any atom is 0.340 e. The molecule has 0 radical (unpaired) electrons. The van der Waals surface area contributed by atoms with Gasteiger partial charge in [-0.1, -0.05) is 47.6 Å². The number of rotatable bonds is 6. The van der Waals surface area contributed by atoms with Gasteiger partial charge in [0.25, 0.3) is 5.91 Å². The van der Waals surface area contributed by atoms with Gasteiger partial charge in [-0.05, 0) is 25.3 Å². The Kier molecular flexibility index (Phi) is 5.93. The maximum absolute atomic E-state index is 12.8. The Balaban J connectivity index is 1.86. The second-order valence-electron chi connectivity index (χ2n) is 5.71. The zero-order valence-corrected chi connectivity index (χ0v) is 15.7. The van der Waals surface area contributed by atoms with Crippen LogP contribution in [-0.2, 0) is 9.53 Å². The van der Waals surface area contributed by atoms with E-state index < -0.39 is 18.0 Å². The summed E-state index contributed by atoms with van der Waals surface area (Å²) in [6, 6.07) is 17.5. The van der Waals surface area contributed by atoms with Gasteiger partial charge >= 0.3 is 5.97 Å². The van der Waals surface area contributed by atoms with Gasteiger partial charge in [-0.3, -0.25) is 4.79 Å². The van der Waals surface area contributed by atoms with Gasteiger partial charge in [0.15, 0.2) is 5.82 Å². The Hall–Kier alpha value is -3.06. The predicted molar refractivity (Wildman–Crippen MR) is 103 cm³/mol. The molecule has 1 N–H and O–H groups in total. The lowest BCUT2D eigenvalue weighted by molar-refractivity contribution is -0.125. The summed E-state index contributed by atoms with van der Waals surface area (Å²) in [4.78, 5) is 26.3. The number of thioether (sulfide) groups is 1. The number of aromatic nitrogens is 1. The van der Waals surface area contributed by atoms with Crippen LogP contribution in [0.25, 0.3) is 0 Å². The summed E-state index contributed by atoms with van der Waals surface area (Å²) >= 11 is 1.44. The number of aryl methyl sites for hydroxylation is 1. The number of nitrogens with one attached hydrogen (secondary N) is 1. The third kappa shape index (κ3) is 4.57. The van der Waals surface area contributed by atoms with E-state index in [-0.39, 0.29) is 5.82 Å². The molecule has 0 bridgehead atoms. The van der Waals surface area contributed by atoms with Crippen molar-refractivity contribution in [2.24, 2.45) is 0 Å². The van der Waals surface area contributed by atoms with E-state index >= 15 is 0 Å². The van der Waals surface area contributed by atoms with Crippen molar-refractivity contribution >= 4 is 29.5 Å². The highest BCUT2D eigenvalue weighted by Gasteiger charge is 2.27. The fourth-order valence-electron chi connectivity index (χ4n) is 2.50. The quantitative estimate of drug-likeness (QED) is 0.507. The Morgan fingerprint density at radius 3 is 2.48 bits per heavy atom. The molecule has 27 heavy (non-hydrogen) atoms. The third-order valence-electron chi connectivity index (χ3n) is 3.77. The lowest BCUT2D eigenvalue weighted by atomic mass is 10.1. The van der Waals surface area contributed by atoms with Crippen LogP contribution in [0.2, 0.25) is 0 Å². The molecule has 0 aliphatic heterocycles. The highest BCUT2D eigenvalue weighted by molar-refractivity contribution is 7.98. The van der Waals surface area contributed by atoms with Crippen LogP contribution in [0, 0.1) is 6.92 Å². The Morgan fingerprint density at radius 1 is 1.11 bits per heavy atom. The van der Waals surface area contributed by atoms with Crippen LogP contribution < -0.4 is 5.32 Å². The van der Waals surface area contributed by atoms with Gasteiger partial charge < -0.3 is 14.6 Å². The first-order chi connectivity index (χ1) is 13.1. The number of hydrogen-bond donors (Lipinski definition) is 1. The molecule has 1 aromatic heterocycles. The summed E-state index contributed by atoms with van der Waals surface area (Å²) < 4.78 is 10.5. The van der Waals surface area contributed by atoms with Crippen molar-refractivity contribution in [1.29, 1.82) is 0 Å². The Morgan fingerprint density at radius 2 is 1.81 bits per heavy atom. The molecule has 0 unspecified atom stereocenters. The van der Waals surface area contributed by atoms with Crippen LogP contribution in [0.15, 0.2) is 70.1 Å². The number of carbonyl (C=O) groups is 2. The number of esters is 1. The molecule has 2 aromatic carbocycles. The van der Waals surface area contributed by atoms with Gasteiger partial charge in [0.1, 0.15) is 5.76 Å². The van der Waals surface area contributed by atoms with Gasteiger partial charge in [-0.25, -0.2) is 4.79 Å². The van der Waals surface area contributed by atoms with Gasteiger partial charge in [-0.15, -0.1) is 11.8 Å². The standard InChI is InChI=1S/C20H18N2O4S/c1-13-12-17(22-26-13)21-19(23)18(14-8-4-3-5-9-14)25-20(24)15-10-6-7-11-16(15)27-2/h3-12,18H,1-2H3,(H,21,22,23)/t18-/m1/s1. The van der Waals surface area contributed by atoms with Gasteiger partial charge in [0.2, 0.25) is 6.10 Å². The second-order valence-corrected chi connectivity index (χ2v) is 6.56. The molecule has 1 amide bonds. The number of benzene rings is 2. The van der Waals surface area contributed by atoms with E-state index in [1.54, 1.807) is 49.4 Å². The molecule has 0 spiro atoms. The minimum absolute atomic E-state index is 0.263. The van der Waals surface area contributed by atoms with Gasteiger partial charge in [-0.2, -0.15) is 0 Å². The fraction of sp³-hybridized carbons (Fsp3) is 0.150. The lowest BCUT2D eigenvalue weighted by Gasteiger charge is -2.18. The average molecular weight is 382 g/mol. The first-order valence-electron chi connectivity index (χ1n) is 8.21. The number of ether oxygens (including phenoxy) is 1. The number of nitrogens with zero attached hydrogens (tertiary/aromatic N) is 1. The summed E-state index contributed by atoms with van der Waals surface area (Å²) in [5.41, 5.74) is 0.973. The van der Waals surface area contributed by atoms with E-state index in [0.717, 1.165) is 4.90 Å². The molecule has 0 aliphatic carbocycles. The molecular weight excluding hydrogens is 364 g/mol. The van der Waals surface area contributed by atoms with Crippen molar-refractivity contribution in [2.45, 2.75) is 17.9 Å². The Bertz CT molecular complexity index is 940. The monoisotopic (exact) mass is 382 g/mol. The zero-order valence-electron chi connectivity index (χ0n) is 14.8. The van der Waals surface area contributed by atoms with Crippen LogP contribution >= 0.6 is 11.8 Å². The zero-order chi connectivity index (χ0) is 19.2. The van der Waals surface area contributed by atoms with Crippen molar-refractivity contribution < 1.29 is 18.8 Å². The second kappa shape index (κ2) is 8.55. The van der Waals surface area contributed by atoms with E-state index in [1.165, 1.54) is 11.8 Å². The fourth-order valence-corrected chi connectivity index (χ4v) is 3.09. The van der Waals surface area contributed by atoms with Crippen LogP contribution in [0.5, 0.6) is 0 Å².